The third-order valence-electron chi connectivity index (χ3n) is 5.69. The van der Waals surface area contributed by atoms with Crippen LogP contribution >= 0.6 is 0 Å². The van der Waals surface area contributed by atoms with Crippen molar-refractivity contribution in [3.63, 3.8) is 0 Å². The highest BCUT2D eigenvalue weighted by atomic mass is 19.4. The maximum atomic E-state index is 13.6. The SMILES string of the molecule is CCCn1cc(C(=O)N2CCC(c3cc(C(F)(F)F)n4nc(C)cc4n3)CC2)c(C)n1. The highest BCUT2D eigenvalue weighted by Gasteiger charge is 2.36. The predicted octanol–water partition coefficient (Wildman–Crippen LogP) is 3.99. The molecule has 0 unspecified atom stereocenters. The third-order valence-corrected chi connectivity index (χ3v) is 5.69. The molecular formula is C21H25F3N6O. The van der Waals surface area contributed by atoms with Crippen LogP contribution in [0.2, 0.25) is 0 Å². The van der Waals surface area contributed by atoms with E-state index < -0.39 is 11.9 Å². The van der Waals surface area contributed by atoms with Gasteiger partial charge >= 0.3 is 6.18 Å². The monoisotopic (exact) mass is 434 g/mol. The number of alkyl halides is 3. The summed E-state index contributed by atoms with van der Waals surface area (Å²) in [7, 11) is 0. The van der Waals surface area contributed by atoms with Gasteiger partial charge in [-0.1, -0.05) is 6.92 Å². The van der Waals surface area contributed by atoms with Gasteiger partial charge < -0.3 is 4.90 Å². The molecule has 166 valence electrons. The van der Waals surface area contributed by atoms with Gasteiger partial charge in [0.2, 0.25) is 0 Å². The quantitative estimate of drug-likeness (QED) is 0.623. The van der Waals surface area contributed by atoms with Crippen LogP contribution in [0.4, 0.5) is 13.2 Å². The van der Waals surface area contributed by atoms with E-state index >= 15 is 0 Å². The summed E-state index contributed by atoms with van der Waals surface area (Å²) in [6.07, 6.45) is -0.710. The lowest BCUT2D eigenvalue weighted by atomic mass is 9.92. The highest BCUT2D eigenvalue weighted by molar-refractivity contribution is 5.95. The second kappa shape index (κ2) is 7.97. The lowest BCUT2D eigenvalue weighted by molar-refractivity contribution is -0.142. The maximum Gasteiger partial charge on any atom is 0.433 e. The van der Waals surface area contributed by atoms with Gasteiger partial charge in [-0.15, -0.1) is 0 Å². The number of hydrogen-bond donors (Lipinski definition) is 0. The number of hydrogen-bond acceptors (Lipinski definition) is 4. The Morgan fingerprint density at radius 2 is 1.87 bits per heavy atom. The smallest absolute Gasteiger partial charge is 0.338 e. The average Bonchev–Trinajstić information content (AvgIpc) is 3.27. The van der Waals surface area contributed by atoms with Crippen LogP contribution in [0.1, 0.15) is 65.2 Å². The molecule has 1 fully saturated rings. The molecule has 1 aliphatic rings. The van der Waals surface area contributed by atoms with Crippen molar-refractivity contribution in [2.75, 3.05) is 13.1 Å². The largest absolute Gasteiger partial charge is 0.433 e. The Morgan fingerprint density at radius 3 is 2.52 bits per heavy atom. The van der Waals surface area contributed by atoms with Crippen molar-refractivity contribution in [1.29, 1.82) is 0 Å². The summed E-state index contributed by atoms with van der Waals surface area (Å²) in [4.78, 5) is 19.1. The number of fused-ring (bicyclic) bond motifs is 1. The molecular weight excluding hydrogens is 409 g/mol. The standard InChI is InChI=1S/C21H25F3N6O/c1-4-7-29-12-16(14(3)27-29)20(31)28-8-5-15(6-9-28)17-11-18(21(22,23)24)30-19(25-17)10-13(2)26-30/h10-12,15H,4-9H2,1-3H3. The van der Waals surface area contributed by atoms with E-state index in [1.54, 1.807) is 28.8 Å². The van der Waals surface area contributed by atoms with Gasteiger partial charge in [-0.3, -0.25) is 9.48 Å². The van der Waals surface area contributed by atoms with Crippen LogP contribution in [0.15, 0.2) is 18.3 Å². The van der Waals surface area contributed by atoms with E-state index in [-0.39, 0.29) is 17.5 Å². The van der Waals surface area contributed by atoms with Crippen LogP contribution < -0.4 is 0 Å². The second-order valence-corrected chi connectivity index (χ2v) is 8.08. The second-order valence-electron chi connectivity index (χ2n) is 8.08. The minimum Gasteiger partial charge on any atom is -0.338 e. The van der Waals surface area contributed by atoms with Gasteiger partial charge in [-0.05, 0) is 39.2 Å². The van der Waals surface area contributed by atoms with Gasteiger partial charge in [-0.25, -0.2) is 9.50 Å². The molecule has 4 rings (SSSR count). The van der Waals surface area contributed by atoms with Crippen LogP contribution in [0.25, 0.3) is 5.65 Å². The number of likely N-dealkylation sites (tertiary alicyclic amines) is 1. The Balaban J connectivity index is 1.52. The molecule has 0 radical (unpaired) electrons. The van der Waals surface area contributed by atoms with Crippen LogP contribution in [0.5, 0.6) is 0 Å². The topological polar surface area (TPSA) is 68.3 Å². The fourth-order valence-electron chi connectivity index (χ4n) is 4.14. The van der Waals surface area contributed by atoms with E-state index in [9.17, 15) is 18.0 Å². The molecule has 3 aromatic rings. The third kappa shape index (κ3) is 4.15. The molecule has 0 atom stereocenters. The van der Waals surface area contributed by atoms with Gasteiger partial charge in [0.1, 0.15) is 5.69 Å². The van der Waals surface area contributed by atoms with E-state index in [1.165, 1.54) is 0 Å². The number of rotatable bonds is 4. The summed E-state index contributed by atoms with van der Waals surface area (Å²) >= 11 is 0. The summed E-state index contributed by atoms with van der Waals surface area (Å²) in [5.74, 6) is -0.224. The molecule has 1 saturated heterocycles. The van der Waals surface area contributed by atoms with Crippen LogP contribution in [0, 0.1) is 13.8 Å². The summed E-state index contributed by atoms with van der Waals surface area (Å²) in [5.41, 5.74) is 1.53. The summed E-state index contributed by atoms with van der Waals surface area (Å²) in [6, 6.07) is 2.65. The number of carbonyl (C=O) groups is 1. The fraction of sp³-hybridized carbons (Fsp3) is 0.524. The van der Waals surface area contributed by atoms with E-state index in [4.69, 9.17) is 0 Å². The number of carbonyl (C=O) groups excluding carboxylic acids is 1. The van der Waals surface area contributed by atoms with Crippen molar-refractivity contribution in [2.24, 2.45) is 0 Å². The van der Waals surface area contributed by atoms with Gasteiger partial charge in [-0.2, -0.15) is 23.4 Å². The van der Waals surface area contributed by atoms with Crippen molar-refractivity contribution < 1.29 is 18.0 Å². The molecule has 0 spiro atoms. The molecule has 1 aliphatic heterocycles. The molecule has 4 heterocycles. The number of amides is 1. The Kier molecular flexibility index (Phi) is 5.49. The number of halogens is 3. The molecule has 0 aromatic carbocycles. The average molecular weight is 434 g/mol. The Bertz CT molecular complexity index is 1110. The summed E-state index contributed by atoms with van der Waals surface area (Å²) < 4.78 is 43.4. The molecule has 3 aromatic heterocycles. The zero-order valence-electron chi connectivity index (χ0n) is 17.8. The van der Waals surface area contributed by atoms with E-state index in [0.29, 0.717) is 48.6 Å². The first-order valence-electron chi connectivity index (χ1n) is 10.4. The first kappa shape index (κ1) is 21.3. The molecule has 0 saturated carbocycles. The molecule has 1 amide bonds. The normalized spacial score (nSPS) is 15.7. The zero-order chi connectivity index (χ0) is 22.3. The first-order chi connectivity index (χ1) is 14.7. The first-order valence-corrected chi connectivity index (χ1v) is 10.4. The molecule has 10 heteroatoms. The molecule has 31 heavy (non-hydrogen) atoms. The number of nitrogens with zero attached hydrogens (tertiary/aromatic N) is 6. The minimum atomic E-state index is -4.53. The zero-order valence-corrected chi connectivity index (χ0v) is 17.8. The van der Waals surface area contributed by atoms with E-state index in [1.807, 2.05) is 13.8 Å². The summed E-state index contributed by atoms with van der Waals surface area (Å²) in [5, 5.41) is 8.32. The number of aryl methyl sites for hydroxylation is 3. The Morgan fingerprint density at radius 1 is 1.16 bits per heavy atom. The van der Waals surface area contributed by atoms with Crippen molar-refractivity contribution >= 4 is 11.6 Å². The Hall–Kier alpha value is -2.91. The number of aromatic nitrogens is 5. The van der Waals surface area contributed by atoms with Gasteiger partial charge in [0.25, 0.3) is 5.91 Å². The van der Waals surface area contributed by atoms with Crippen LogP contribution in [-0.2, 0) is 12.7 Å². The minimum absolute atomic E-state index is 0.0795. The summed E-state index contributed by atoms with van der Waals surface area (Å²) in [6.45, 7) is 7.19. The van der Waals surface area contributed by atoms with Crippen molar-refractivity contribution in [3.8, 4) is 0 Å². The van der Waals surface area contributed by atoms with Crippen molar-refractivity contribution in [1.82, 2.24) is 29.3 Å². The van der Waals surface area contributed by atoms with Crippen LogP contribution in [-0.4, -0.2) is 48.3 Å². The van der Waals surface area contributed by atoms with Gasteiger partial charge in [0, 0.05) is 43.5 Å². The van der Waals surface area contributed by atoms with Crippen LogP contribution in [0.3, 0.4) is 0 Å². The van der Waals surface area contributed by atoms with E-state index in [0.717, 1.165) is 23.5 Å². The van der Waals surface area contributed by atoms with E-state index in [2.05, 4.69) is 15.2 Å². The van der Waals surface area contributed by atoms with Crippen molar-refractivity contribution in [2.45, 2.75) is 58.7 Å². The lowest BCUT2D eigenvalue weighted by Gasteiger charge is -2.32. The predicted molar refractivity (Wildman–Crippen MR) is 108 cm³/mol. The lowest BCUT2D eigenvalue weighted by Crippen LogP contribution is -2.38. The number of piperidine rings is 1. The molecule has 7 nitrogen and oxygen atoms in total. The van der Waals surface area contributed by atoms with Gasteiger partial charge in [0.05, 0.1) is 17.0 Å². The maximum absolute atomic E-state index is 13.6. The fourth-order valence-corrected chi connectivity index (χ4v) is 4.14. The molecule has 0 N–H and O–H groups in total. The Labute approximate surface area is 177 Å². The molecule has 0 bridgehead atoms. The van der Waals surface area contributed by atoms with Crippen molar-refractivity contribution in [3.05, 3.63) is 46.7 Å². The highest BCUT2D eigenvalue weighted by Crippen LogP contribution is 2.34. The molecule has 0 aliphatic carbocycles. The van der Waals surface area contributed by atoms with Gasteiger partial charge in [0.15, 0.2) is 5.65 Å².